The van der Waals surface area contributed by atoms with Crippen LogP contribution in [0, 0.1) is 6.92 Å². The van der Waals surface area contributed by atoms with Crippen LogP contribution in [0.15, 0.2) is 42.5 Å². The van der Waals surface area contributed by atoms with Gasteiger partial charge < -0.3 is 10.4 Å². The average molecular weight is 290 g/mol. The van der Waals surface area contributed by atoms with Crippen LogP contribution >= 0.6 is 11.6 Å². The molecule has 0 aromatic heterocycles. The number of hydrogen-bond donors (Lipinski definition) is 2. The van der Waals surface area contributed by atoms with Gasteiger partial charge in [-0.2, -0.15) is 0 Å². The van der Waals surface area contributed by atoms with Crippen molar-refractivity contribution in [3.8, 4) is 0 Å². The Morgan fingerprint density at radius 3 is 2.20 bits per heavy atom. The van der Waals surface area contributed by atoms with Crippen molar-refractivity contribution in [1.82, 2.24) is 0 Å². The lowest BCUT2D eigenvalue weighted by Crippen LogP contribution is -2.12. The molecular weight excluding hydrogens is 278 g/mol. The van der Waals surface area contributed by atoms with Gasteiger partial charge in [0, 0.05) is 16.3 Å². The summed E-state index contributed by atoms with van der Waals surface area (Å²) >= 11 is 5.91. The van der Waals surface area contributed by atoms with Gasteiger partial charge in [0.1, 0.15) is 0 Å². The summed E-state index contributed by atoms with van der Waals surface area (Å²) in [5.41, 5.74) is 2.02. The molecule has 0 aliphatic carbocycles. The van der Waals surface area contributed by atoms with Crippen molar-refractivity contribution in [2.24, 2.45) is 0 Å². The van der Waals surface area contributed by atoms with E-state index in [1.165, 1.54) is 12.1 Å². The van der Waals surface area contributed by atoms with Crippen LogP contribution in [-0.4, -0.2) is 17.0 Å². The topological polar surface area (TPSA) is 66.4 Å². The van der Waals surface area contributed by atoms with Gasteiger partial charge in [0.05, 0.1) is 5.56 Å². The molecule has 0 saturated heterocycles. The van der Waals surface area contributed by atoms with Gasteiger partial charge in [-0.15, -0.1) is 0 Å². The fourth-order valence-electron chi connectivity index (χ4n) is 1.69. The summed E-state index contributed by atoms with van der Waals surface area (Å²) in [4.78, 5) is 22.8. The molecular formula is C15H12ClNO3. The molecule has 1 amide bonds. The number of carbonyl (C=O) groups excluding carboxylic acids is 1. The lowest BCUT2D eigenvalue weighted by Gasteiger charge is -2.07. The van der Waals surface area contributed by atoms with E-state index in [2.05, 4.69) is 5.32 Å². The monoisotopic (exact) mass is 289 g/mol. The van der Waals surface area contributed by atoms with Gasteiger partial charge in [-0.1, -0.05) is 11.6 Å². The molecule has 4 nitrogen and oxygen atoms in total. The van der Waals surface area contributed by atoms with Gasteiger partial charge in [0.15, 0.2) is 0 Å². The van der Waals surface area contributed by atoms with Crippen LogP contribution in [0.2, 0.25) is 5.02 Å². The zero-order valence-corrected chi connectivity index (χ0v) is 11.4. The minimum absolute atomic E-state index is 0.172. The highest BCUT2D eigenvalue weighted by molar-refractivity contribution is 6.31. The first-order valence-corrected chi connectivity index (χ1v) is 6.26. The third kappa shape index (κ3) is 3.16. The molecule has 0 fully saturated rings. The average Bonchev–Trinajstić information content (AvgIpc) is 2.42. The van der Waals surface area contributed by atoms with Crippen LogP contribution in [0.3, 0.4) is 0 Å². The molecule has 102 valence electrons. The fraction of sp³-hybridized carbons (Fsp3) is 0.0667. The number of anilines is 1. The second-order valence-electron chi connectivity index (χ2n) is 4.30. The fourth-order valence-corrected chi connectivity index (χ4v) is 1.80. The Labute approximate surface area is 121 Å². The highest BCUT2D eigenvalue weighted by atomic mass is 35.5. The van der Waals surface area contributed by atoms with E-state index in [0.29, 0.717) is 16.3 Å². The summed E-state index contributed by atoms with van der Waals surface area (Å²) in [7, 11) is 0. The molecule has 0 aliphatic rings. The summed E-state index contributed by atoms with van der Waals surface area (Å²) in [6.07, 6.45) is 0. The molecule has 0 aliphatic heterocycles. The zero-order valence-electron chi connectivity index (χ0n) is 10.7. The summed E-state index contributed by atoms with van der Waals surface area (Å²) in [5, 5.41) is 12.1. The Morgan fingerprint density at radius 2 is 1.65 bits per heavy atom. The second kappa shape index (κ2) is 5.75. The van der Waals surface area contributed by atoms with E-state index < -0.39 is 5.97 Å². The number of aromatic carboxylic acids is 1. The highest BCUT2D eigenvalue weighted by Crippen LogP contribution is 2.17. The predicted octanol–water partition coefficient (Wildman–Crippen LogP) is 3.60. The van der Waals surface area contributed by atoms with E-state index in [4.69, 9.17) is 16.7 Å². The summed E-state index contributed by atoms with van der Waals surface area (Å²) in [6, 6.07) is 11.0. The molecule has 0 saturated carbocycles. The third-order valence-electron chi connectivity index (χ3n) is 2.81. The van der Waals surface area contributed by atoms with Crippen molar-refractivity contribution in [3.05, 3.63) is 64.2 Å². The van der Waals surface area contributed by atoms with E-state index in [-0.39, 0.29) is 11.5 Å². The molecule has 0 unspecified atom stereocenters. The lowest BCUT2D eigenvalue weighted by atomic mass is 10.1. The number of halogens is 1. The van der Waals surface area contributed by atoms with Gasteiger partial charge in [-0.3, -0.25) is 4.79 Å². The van der Waals surface area contributed by atoms with Crippen molar-refractivity contribution in [1.29, 1.82) is 0 Å². The lowest BCUT2D eigenvalue weighted by molar-refractivity contribution is 0.0696. The van der Waals surface area contributed by atoms with Crippen molar-refractivity contribution >= 4 is 29.2 Å². The van der Waals surface area contributed by atoms with Crippen molar-refractivity contribution in [3.63, 3.8) is 0 Å². The largest absolute Gasteiger partial charge is 0.478 e. The van der Waals surface area contributed by atoms with Gasteiger partial charge >= 0.3 is 5.97 Å². The van der Waals surface area contributed by atoms with Crippen LogP contribution in [0.4, 0.5) is 5.69 Å². The van der Waals surface area contributed by atoms with Crippen LogP contribution in [0.5, 0.6) is 0 Å². The van der Waals surface area contributed by atoms with E-state index in [1.807, 2.05) is 6.92 Å². The number of nitrogens with one attached hydrogen (secondary N) is 1. The Bertz CT molecular complexity index is 665. The van der Waals surface area contributed by atoms with Crippen molar-refractivity contribution in [2.45, 2.75) is 6.92 Å². The number of rotatable bonds is 3. The standard InChI is InChI=1S/C15H12ClNO3/c1-9-8-11(4-7-13(9)16)14(18)17-12-5-2-10(3-6-12)15(19)20/h2-8H,1H3,(H,17,18)(H,19,20). The molecule has 0 bridgehead atoms. The van der Waals surface area contributed by atoms with E-state index in [1.54, 1.807) is 30.3 Å². The molecule has 2 rings (SSSR count). The van der Waals surface area contributed by atoms with E-state index in [0.717, 1.165) is 5.56 Å². The molecule has 2 N–H and O–H groups in total. The molecule has 0 radical (unpaired) electrons. The first kappa shape index (κ1) is 14.1. The minimum Gasteiger partial charge on any atom is -0.478 e. The minimum atomic E-state index is -1.00. The second-order valence-corrected chi connectivity index (χ2v) is 4.71. The van der Waals surface area contributed by atoms with Gasteiger partial charge in [0.25, 0.3) is 5.91 Å². The number of carboxylic acids is 1. The summed E-state index contributed by atoms with van der Waals surface area (Å²) in [6.45, 7) is 1.82. The molecule has 5 heteroatoms. The molecule has 0 heterocycles. The van der Waals surface area contributed by atoms with Gasteiger partial charge in [-0.25, -0.2) is 4.79 Å². The number of carboxylic acid groups (broad SMARTS) is 1. The number of benzene rings is 2. The molecule has 0 atom stereocenters. The number of amides is 1. The maximum atomic E-state index is 12.0. The number of aryl methyl sites for hydroxylation is 1. The zero-order chi connectivity index (χ0) is 14.7. The van der Waals surface area contributed by atoms with Crippen LogP contribution in [0.25, 0.3) is 0 Å². The number of hydrogen-bond acceptors (Lipinski definition) is 2. The highest BCUT2D eigenvalue weighted by Gasteiger charge is 2.08. The Kier molecular flexibility index (Phi) is 4.05. The maximum Gasteiger partial charge on any atom is 0.335 e. The van der Waals surface area contributed by atoms with Crippen molar-refractivity contribution in [2.75, 3.05) is 5.32 Å². The third-order valence-corrected chi connectivity index (χ3v) is 3.23. The predicted molar refractivity (Wildman–Crippen MR) is 77.5 cm³/mol. The van der Waals surface area contributed by atoms with Gasteiger partial charge in [-0.05, 0) is 55.0 Å². The Hall–Kier alpha value is -2.33. The quantitative estimate of drug-likeness (QED) is 0.907. The summed E-state index contributed by atoms with van der Waals surface area (Å²) < 4.78 is 0. The molecule has 20 heavy (non-hydrogen) atoms. The van der Waals surface area contributed by atoms with E-state index >= 15 is 0 Å². The Morgan fingerprint density at radius 1 is 1.05 bits per heavy atom. The molecule has 2 aromatic rings. The van der Waals surface area contributed by atoms with Crippen molar-refractivity contribution < 1.29 is 14.7 Å². The molecule has 2 aromatic carbocycles. The van der Waals surface area contributed by atoms with Gasteiger partial charge in [0.2, 0.25) is 0 Å². The van der Waals surface area contributed by atoms with E-state index in [9.17, 15) is 9.59 Å². The van der Waals surface area contributed by atoms with Crippen LogP contribution < -0.4 is 5.32 Å². The van der Waals surface area contributed by atoms with Crippen LogP contribution in [-0.2, 0) is 0 Å². The molecule has 0 spiro atoms. The summed E-state index contributed by atoms with van der Waals surface area (Å²) in [5.74, 6) is -1.27. The number of carbonyl (C=O) groups is 2. The normalized spacial score (nSPS) is 10.1. The smallest absolute Gasteiger partial charge is 0.335 e. The SMILES string of the molecule is Cc1cc(C(=O)Nc2ccc(C(=O)O)cc2)ccc1Cl. The first-order valence-electron chi connectivity index (χ1n) is 5.88. The maximum absolute atomic E-state index is 12.0. The van der Waals surface area contributed by atoms with Crippen LogP contribution in [0.1, 0.15) is 26.3 Å². The first-order chi connectivity index (χ1) is 9.47. The Balaban J connectivity index is 2.14.